The quantitative estimate of drug-likeness (QED) is 0.613. The summed E-state index contributed by atoms with van der Waals surface area (Å²) in [5, 5.41) is 24.3. The van der Waals surface area contributed by atoms with E-state index in [1.165, 1.54) is 7.11 Å². The van der Waals surface area contributed by atoms with Gasteiger partial charge in [0, 0.05) is 5.92 Å². The Morgan fingerprint density at radius 3 is 2.40 bits per heavy atom. The fourth-order valence-electron chi connectivity index (χ4n) is 3.84. The first-order valence-corrected chi connectivity index (χ1v) is 7.74. The molecule has 3 heterocycles. The van der Waals surface area contributed by atoms with Crippen LogP contribution in [0.25, 0.3) is 0 Å². The van der Waals surface area contributed by atoms with Gasteiger partial charge in [0.25, 0.3) is 0 Å². The fourth-order valence-corrected chi connectivity index (χ4v) is 3.84. The van der Waals surface area contributed by atoms with Crippen LogP contribution in [0.4, 0.5) is 0 Å². The van der Waals surface area contributed by atoms with Crippen molar-refractivity contribution in [3.05, 3.63) is 47.2 Å². The van der Waals surface area contributed by atoms with Gasteiger partial charge in [0.2, 0.25) is 5.91 Å². The number of fused-ring (bicyclic) bond motifs is 3. The van der Waals surface area contributed by atoms with E-state index in [2.05, 4.69) is 10.6 Å². The minimum atomic E-state index is -1.16. The predicted molar refractivity (Wildman–Crippen MR) is 86.1 cm³/mol. The zero-order valence-corrected chi connectivity index (χ0v) is 13.7. The third kappa shape index (κ3) is 2.41. The molecule has 2 bridgehead atoms. The third-order valence-electron chi connectivity index (χ3n) is 4.84. The van der Waals surface area contributed by atoms with Gasteiger partial charge < -0.3 is 15.4 Å². The standard InChI is InChI=1S/C18H16N4O3/c1-18-14(17(24)25-2)12(10-6-4-3-5-7-10)13(16(23)22-18)15(21-18)11(8-19)9-20/h3-7,12-14,21H,1-2H3,(H,22,23). The number of hydrogen-bond acceptors (Lipinski definition) is 6. The molecule has 7 nitrogen and oxygen atoms in total. The van der Waals surface area contributed by atoms with Gasteiger partial charge in [0.1, 0.15) is 29.3 Å². The molecular weight excluding hydrogens is 320 g/mol. The lowest BCUT2D eigenvalue weighted by atomic mass is 9.63. The molecule has 4 unspecified atom stereocenters. The van der Waals surface area contributed by atoms with Gasteiger partial charge in [0.15, 0.2) is 0 Å². The van der Waals surface area contributed by atoms with E-state index in [1.807, 2.05) is 42.5 Å². The van der Waals surface area contributed by atoms with Crippen molar-refractivity contribution in [1.29, 1.82) is 10.5 Å². The second kappa shape index (κ2) is 5.95. The summed E-state index contributed by atoms with van der Waals surface area (Å²) in [5.74, 6) is -2.88. The Kier molecular flexibility index (Phi) is 3.94. The lowest BCUT2D eigenvalue weighted by Gasteiger charge is -2.55. The highest BCUT2D eigenvalue weighted by Crippen LogP contribution is 2.49. The molecule has 4 atom stereocenters. The molecule has 1 amide bonds. The Balaban J connectivity index is 2.26. The van der Waals surface area contributed by atoms with E-state index in [4.69, 9.17) is 4.74 Å². The van der Waals surface area contributed by atoms with E-state index >= 15 is 0 Å². The number of nitriles is 2. The number of methoxy groups -OCH3 is 1. The van der Waals surface area contributed by atoms with Crippen LogP contribution in [0.1, 0.15) is 18.4 Å². The number of allylic oxidation sites excluding steroid dienone is 1. The summed E-state index contributed by atoms with van der Waals surface area (Å²) in [6.07, 6.45) is 0. The number of benzene rings is 1. The molecular formula is C18H16N4O3. The molecule has 7 heteroatoms. The molecule has 0 aromatic heterocycles. The van der Waals surface area contributed by atoms with E-state index in [1.54, 1.807) is 6.92 Å². The first-order valence-electron chi connectivity index (χ1n) is 7.74. The van der Waals surface area contributed by atoms with Gasteiger partial charge in [-0.1, -0.05) is 30.3 Å². The minimum absolute atomic E-state index is 0.157. The molecule has 3 aliphatic rings. The van der Waals surface area contributed by atoms with Gasteiger partial charge in [-0.25, -0.2) is 0 Å². The highest BCUT2D eigenvalue weighted by molar-refractivity contribution is 5.91. The van der Waals surface area contributed by atoms with Gasteiger partial charge in [0.05, 0.1) is 18.7 Å². The average Bonchev–Trinajstić information content (AvgIpc) is 2.61. The van der Waals surface area contributed by atoms with Gasteiger partial charge in [-0.15, -0.1) is 0 Å². The normalized spacial score (nSPS) is 29.7. The van der Waals surface area contributed by atoms with Gasteiger partial charge in [-0.05, 0) is 12.5 Å². The molecule has 3 fully saturated rings. The number of ether oxygens (including phenoxy) is 1. The van der Waals surface area contributed by atoms with E-state index in [0.29, 0.717) is 0 Å². The van der Waals surface area contributed by atoms with Gasteiger partial charge in [-0.3, -0.25) is 9.59 Å². The molecule has 0 spiro atoms. The molecule has 25 heavy (non-hydrogen) atoms. The van der Waals surface area contributed by atoms with Crippen molar-refractivity contribution in [3.8, 4) is 12.1 Å². The van der Waals surface area contributed by atoms with Crippen LogP contribution < -0.4 is 10.6 Å². The molecule has 0 saturated carbocycles. The van der Waals surface area contributed by atoms with Crippen molar-refractivity contribution < 1.29 is 14.3 Å². The van der Waals surface area contributed by atoms with Crippen LogP contribution in [0.3, 0.4) is 0 Å². The van der Waals surface area contributed by atoms with E-state index < -0.39 is 29.4 Å². The number of amides is 1. The average molecular weight is 336 g/mol. The summed E-state index contributed by atoms with van der Waals surface area (Å²) >= 11 is 0. The zero-order chi connectivity index (χ0) is 18.2. The molecule has 2 N–H and O–H groups in total. The first-order chi connectivity index (χ1) is 12.0. The summed E-state index contributed by atoms with van der Waals surface area (Å²) < 4.78 is 4.97. The maximum atomic E-state index is 12.7. The van der Waals surface area contributed by atoms with Crippen LogP contribution in [-0.2, 0) is 14.3 Å². The lowest BCUT2D eigenvalue weighted by molar-refractivity contribution is -0.158. The van der Waals surface area contributed by atoms with Gasteiger partial charge in [-0.2, -0.15) is 10.5 Å². The number of nitrogens with one attached hydrogen (secondary N) is 2. The molecule has 3 aliphatic heterocycles. The number of esters is 1. The van der Waals surface area contributed by atoms with Crippen LogP contribution in [0.2, 0.25) is 0 Å². The van der Waals surface area contributed by atoms with Crippen molar-refractivity contribution in [1.82, 2.24) is 10.6 Å². The fraction of sp³-hybridized carbons (Fsp3) is 0.333. The second-order valence-electron chi connectivity index (χ2n) is 6.24. The largest absolute Gasteiger partial charge is 0.469 e. The number of carbonyl (C=O) groups excluding carboxylic acids is 2. The van der Waals surface area contributed by atoms with Crippen LogP contribution in [0.15, 0.2) is 41.6 Å². The number of rotatable bonds is 2. The highest BCUT2D eigenvalue weighted by atomic mass is 16.5. The van der Waals surface area contributed by atoms with E-state index in [-0.39, 0.29) is 17.2 Å². The smallest absolute Gasteiger partial charge is 0.313 e. The molecule has 4 rings (SSSR count). The van der Waals surface area contributed by atoms with Gasteiger partial charge >= 0.3 is 5.97 Å². The lowest BCUT2D eigenvalue weighted by Crippen LogP contribution is -2.75. The Morgan fingerprint density at radius 1 is 1.20 bits per heavy atom. The number of carbonyl (C=O) groups is 2. The van der Waals surface area contributed by atoms with Crippen LogP contribution >= 0.6 is 0 Å². The summed E-state index contributed by atoms with van der Waals surface area (Å²) in [7, 11) is 1.30. The molecule has 1 aromatic carbocycles. The Hall–Kier alpha value is -3.32. The van der Waals surface area contributed by atoms with E-state index in [9.17, 15) is 20.1 Å². The van der Waals surface area contributed by atoms with Crippen molar-refractivity contribution >= 4 is 11.9 Å². The zero-order valence-electron chi connectivity index (χ0n) is 13.7. The molecule has 1 aromatic rings. The summed E-state index contributed by atoms with van der Waals surface area (Å²) in [6.45, 7) is 1.66. The van der Waals surface area contributed by atoms with Crippen molar-refractivity contribution in [2.75, 3.05) is 7.11 Å². The van der Waals surface area contributed by atoms with Crippen LogP contribution in [0.5, 0.6) is 0 Å². The number of piperidine rings is 2. The Bertz CT molecular complexity index is 833. The minimum Gasteiger partial charge on any atom is -0.469 e. The predicted octanol–water partition coefficient (Wildman–Crippen LogP) is 0.926. The van der Waals surface area contributed by atoms with Crippen LogP contribution in [0, 0.1) is 34.5 Å². The Labute approximate surface area is 144 Å². The topological polar surface area (TPSA) is 115 Å². The van der Waals surface area contributed by atoms with E-state index in [0.717, 1.165) is 5.56 Å². The monoisotopic (exact) mass is 336 g/mol. The number of nitrogens with zero attached hydrogens (tertiary/aromatic N) is 2. The highest BCUT2D eigenvalue weighted by Gasteiger charge is 2.61. The number of hydrogen-bond donors (Lipinski definition) is 2. The van der Waals surface area contributed by atoms with Crippen LogP contribution in [-0.4, -0.2) is 24.6 Å². The Morgan fingerprint density at radius 2 is 1.84 bits per heavy atom. The first kappa shape index (κ1) is 16.5. The van der Waals surface area contributed by atoms with Crippen molar-refractivity contribution in [3.63, 3.8) is 0 Å². The maximum Gasteiger partial charge on any atom is 0.313 e. The van der Waals surface area contributed by atoms with Crippen molar-refractivity contribution in [2.24, 2.45) is 11.8 Å². The SMILES string of the molecule is COC(=O)C1C(c2ccccc2)C2C(=O)NC1(C)NC2=C(C#N)C#N. The summed E-state index contributed by atoms with van der Waals surface area (Å²) in [4.78, 5) is 25.2. The molecule has 3 saturated heterocycles. The molecule has 0 aliphatic carbocycles. The molecule has 126 valence electrons. The molecule has 0 radical (unpaired) electrons. The summed E-state index contributed by atoms with van der Waals surface area (Å²) in [6, 6.07) is 12.8. The van der Waals surface area contributed by atoms with Crippen molar-refractivity contribution in [2.45, 2.75) is 18.5 Å². The second-order valence-corrected chi connectivity index (χ2v) is 6.24. The third-order valence-corrected chi connectivity index (χ3v) is 4.84. The maximum absolute atomic E-state index is 12.7. The summed E-state index contributed by atoms with van der Waals surface area (Å²) in [5.41, 5.74) is -0.285.